The topological polar surface area (TPSA) is 41.5 Å². The second-order valence-electron chi connectivity index (χ2n) is 7.12. The Morgan fingerprint density at radius 1 is 1.27 bits per heavy atom. The molecule has 2 saturated heterocycles. The minimum Gasteiger partial charge on any atom is -0.379 e. The van der Waals surface area contributed by atoms with E-state index in [9.17, 15) is 0 Å². The SMILES string of the molecule is CC(C)(CN1CCCC(c2ccncn2)C1)N1CCOCC1. The number of piperidine rings is 1. The number of hydrogen-bond donors (Lipinski definition) is 0. The number of rotatable bonds is 4. The lowest BCUT2D eigenvalue weighted by Crippen LogP contribution is -2.56. The molecule has 2 aliphatic heterocycles. The minimum atomic E-state index is 0.206. The molecule has 3 heterocycles. The van der Waals surface area contributed by atoms with Crippen molar-refractivity contribution in [1.29, 1.82) is 0 Å². The van der Waals surface area contributed by atoms with Gasteiger partial charge >= 0.3 is 0 Å². The summed E-state index contributed by atoms with van der Waals surface area (Å²) >= 11 is 0. The molecule has 0 amide bonds. The molecule has 0 aromatic carbocycles. The summed E-state index contributed by atoms with van der Waals surface area (Å²) in [4.78, 5) is 13.7. The van der Waals surface area contributed by atoms with Crippen LogP contribution in [0.15, 0.2) is 18.6 Å². The fourth-order valence-electron chi connectivity index (χ4n) is 3.80. The lowest BCUT2D eigenvalue weighted by atomic mass is 9.92. The lowest BCUT2D eigenvalue weighted by Gasteiger charge is -2.45. The van der Waals surface area contributed by atoms with Gasteiger partial charge in [-0.15, -0.1) is 0 Å². The largest absolute Gasteiger partial charge is 0.379 e. The molecule has 0 aliphatic carbocycles. The van der Waals surface area contributed by atoms with Crippen molar-refractivity contribution < 1.29 is 4.74 Å². The standard InChI is InChI=1S/C17H28N4O/c1-17(2,21-8-10-22-11-9-21)13-20-7-3-4-15(12-20)16-5-6-18-14-19-16/h5-6,14-15H,3-4,7-13H2,1-2H3. The average molecular weight is 304 g/mol. The smallest absolute Gasteiger partial charge is 0.115 e. The number of ether oxygens (including phenoxy) is 1. The number of nitrogens with zero attached hydrogens (tertiary/aromatic N) is 4. The van der Waals surface area contributed by atoms with Gasteiger partial charge < -0.3 is 9.64 Å². The Hall–Kier alpha value is -1.04. The van der Waals surface area contributed by atoms with Crippen LogP contribution in [0.3, 0.4) is 0 Å². The summed E-state index contributed by atoms with van der Waals surface area (Å²) in [5.74, 6) is 0.553. The Kier molecular flexibility index (Phi) is 5.06. The summed E-state index contributed by atoms with van der Waals surface area (Å²) in [6, 6.07) is 2.07. The Bertz CT molecular complexity index is 459. The van der Waals surface area contributed by atoms with E-state index < -0.39 is 0 Å². The highest BCUT2D eigenvalue weighted by atomic mass is 16.5. The number of morpholine rings is 1. The molecule has 22 heavy (non-hydrogen) atoms. The fraction of sp³-hybridized carbons (Fsp3) is 0.765. The van der Waals surface area contributed by atoms with Crippen LogP contribution in [0.1, 0.15) is 38.3 Å². The monoisotopic (exact) mass is 304 g/mol. The Labute approximate surface area is 133 Å². The van der Waals surface area contributed by atoms with Gasteiger partial charge in [-0.25, -0.2) is 9.97 Å². The first-order valence-corrected chi connectivity index (χ1v) is 8.46. The Balaban J connectivity index is 1.60. The molecule has 5 heteroatoms. The van der Waals surface area contributed by atoms with Crippen LogP contribution in [-0.2, 0) is 4.74 Å². The third-order valence-corrected chi connectivity index (χ3v) is 5.01. The van der Waals surface area contributed by atoms with Gasteiger partial charge in [0.15, 0.2) is 0 Å². The molecule has 2 aliphatic rings. The van der Waals surface area contributed by atoms with Crippen molar-refractivity contribution in [2.24, 2.45) is 0 Å². The predicted octanol–water partition coefficient (Wildman–Crippen LogP) is 1.77. The third-order valence-electron chi connectivity index (χ3n) is 5.01. The maximum Gasteiger partial charge on any atom is 0.115 e. The van der Waals surface area contributed by atoms with Crippen molar-refractivity contribution in [2.75, 3.05) is 45.9 Å². The molecule has 2 fully saturated rings. The normalized spacial score (nSPS) is 25.3. The summed E-state index contributed by atoms with van der Waals surface area (Å²) in [7, 11) is 0. The van der Waals surface area contributed by atoms with Crippen LogP contribution in [0, 0.1) is 0 Å². The van der Waals surface area contributed by atoms with Crippen LogP contribution in [0.25, 0.3) is 0 Å². The van der Waals surface area contributed by atoms with Crippen molar-refractivity contribution >= 4 is 0 Å². The third kappa shape index (κ3) is 3.83. The van der Waals surface area contributed by atoms with Crippen molar-refractivity contribution in [1.82, 2.24) is 19.8 Å². The van der Waals surface area contributed by atoms with Gasteiger partial charge in [0.2, 0.25) is 0 Å². The van der Waals surface area contributed by atoms with Gasteiger partial charge in [0.25, 0.3) is 0 Å². The molecule has 122 valence electrons. The highest BCUT2D eigenvalue weighted by Gasteiger charge is 2.32. The maximum absolute atomic E-state index is 5.49. The molecule has 3 rings (SSSR count). The highest BCUT2D eigenvalue weighted by molar-refractivity contribution is 5.08. The predicted molar refractivity (Wildman–Crippen MR) is 86.9 cm³/mol. The van der Waals surface area contributed by atoms with Gasteiger partial charge in [0.1, 0.15) is 6.33 Å². The van der Waals surface area contributed by atoms with Gasteiger partial charge in [-0.05, 0) is 39.3 Å². The van der Waals surface area contributed by atoms with Crippen molar-refractivity contribution in [3.05, 3.63) is 24.3 Å². The summed E-state index contributed by atoms with van der Waals surface area (Å²) in [6.45, 7) is 12.0. The molecular weight excluding hydrogens is 276 g/mol. The highest BCUT2D eigenvalue weighted by Crippen LogP contribution is 2.27. The zero-order chi connectivity index (χ0) is 15.4. The molecule has 5 nitrogen and oxygen atoms in total. The van der Waals surface area contributed by atoms with Gasteiger partial charge in [0.05, 0.1) is 13.2 Å². The van der Waals surface area contributed by atoms with Crippen LogP contribution < -0.4 is 0 Å². The zero-order valence-electron chi connectivity index (χ0n) is 13.9. The van der Waals surface area contributed by atoms with E-state index in [1.54, 1.807) is 6.33 Å². The van der Waals surface area contributed by atoms with Crippen molar-refractivity contribution in [3.63, 3.8) is 0 Å². The molecule has 0 radical (unpaired) electrons. The zero-order valence-corrected chi connectivity index (χ0v) is 13.9. The van der Waals surface area contributed by atoms with Gasteiger partial charge in [0, 0.05) is 49.5 Å². The van der Waals surface area contributed by atoms with E-state index >= 15 is 0 Å². The summed E-state index contributed by atoms with van der Waals surface area (Å²) in [5.41, 5.74) is 1.40. The summed E-state index contributed by atoms with van der Waals surface area (Å²) in [5, 5.41) is 0. The van der Waals surface area contributed by atoms with Crippen LogP contribution in [0.4, 0.5) is 0 Å². The van der Waals surface area contributed by atoms with E-state index in [0.29, 0.717) is 5.92 Å². The average Bonchev–Trinajstić information content (AvgIpc) is 2.56. The molecule has 1 unspecified atom stereocenters. The number of likely N-dealkylation sites (tertiary alicyclic amines) is 1. The first-order valence-electron chi connectivity index (χ1n) is 8.46. The van der Waals surface area contributed by atoms with Crippen LogP contribution in [-0.4, -0.2) is 71.2 Å². The molecule has 0 saturated carbocycles. The molecule has 0 N–H and O–H groups in total. The molecule has 0 spiro atoms. The van der Waals surface area contributed by atoms with E-state index in [1.807, 2.05) is 6.20 Å². The molecular formula is C17H28N4O. The van der Waals surface area contributed by atoms with E-state index in [4.69, 9.17) is 4.74 Å². The first-order chi connectivity index (χ1) is 10.6. The van der Waals surface area contributed by atoms with Gasteiger partial charge in [-0.3, -0.25) is 4.90 Å². The van der Waals surface area contributed by atoms with Crippen LogP contribution >= 0.6 is 0 Å². The Morgan fingerprint density at radius 3 is 2.82 bits per heavy atom. The number of aromatic nitrogens is 2. The molecule has 1 aromatic heterocycles. The summed E-state index contributed by atoms with van der Waals surface area (Å²) < 4.78 is 5.49. The van der Waals surface area contributed by atoms with Gasteiger partial charge in [-0.2, -0.15) is 0 Å². The lowest BCUT2D eigenvalue weighted by molar-refractivity contribution is -0.0242. The molecule has 0 bridgehead atoms. The van der Waals surface area contributed by atoms with Crippen molar-refractivity contribution in [3.8, 4) is 0 Å². The second kappa shape index (κ2) is 7.02. The van der Waals surface area contributed by atoms with Crippen molar-refractivity contribution in [2.45, 2.75) is 38.1 Å². The van der Waals surface area contributed by atoms with E-state index in [2.05, 4.69) is 39.7 Å². The fourth-order valence-corrected chi connectivity index (χ4v) is 3.80. The first kappa shape index (κ1) is 15.8. The molecule has 1 atom stereocenters. The van der Waals surface area contributed by atoms with Gasteiger partial charge in [-0.1, -0.05) is 0 Å². The Morgan fingerprint density at radius 2 is 2.09 bits per heavy atom. The molecule has 1 aromatic rings. The van der Waals surface area contributed by atoms with Crippen LogP contribution in [0.2, 0.25) is 0 Å². The quantitative estimate of drug-likeness (QED) is 0.848. The van der Waals surface area contributed by atoms with E-state index in [0.717, 1.165) is 39.4 Å². The van der Waals surface area contributed by atoms with E-state index in [-0.39, 0.29) is 5.54 Å². The summed E-state index contributed by atoms with van der Waals surface area (Å²) in [6.07, 6.45) is 6.03. The minimum absolute atomic E-state index is 0.206. The second-order valence-corrected chi connectivity index (χ2v) is 7.12. The maximum atomic E-state index is 5.49. The van der Waals surface area contributed by atoms with Crippen LogP contribution in [0.5, 0.6) is 0 Å². The van der Waals surface area contributed by atoms with E-state index in [1.165, 1.54) is 25.1 Å². The number of hydrogen-bond acceptors (Lipinski definition) is 5.